The maximum absolute atomic E-state index is 13.4. The predicted molar refractivity (Wildman–Crippen MR) is 107 cm³/mol. The molecular weight excluding hydrogens is 374 g/mol. The van der Waals surface area contributed by atoms with E-state index in [4.69, 9.17) is 23.7 Å². The molecule has 0 saturated carbocycles. The van der Waals surface area contributed by atoms with E-state index in [2.05, 4.69) is 11.9 Å². The molecule has 0 aromatic heterocycles. The number of ketones is 1. The van der Waals surface area contributed by atoms with Gasteiger partial charge in [0, 0.05) is 25.1 Å². The van der Waals surface area contributed by atoms with E-state index in [1.165, 1.54) is 0 Å². The second kappa shape index (κ2) is 7.83. The summed E-state index contributed by atoms with van der Waals surface area (Å²) in [7, 11) is 6.84. The monoisotopic (exact) mass is 399 g/mol. The second-order valence-corrected chi connectivity index (χ2v) is 7.20. The molecule has 2 aliphatic rings. The van der Waals surface area contributed by atoms with Crippen molar-refractivity contribution in [3.05, 3.63) is 40.5 Å². The van der Waals surface area contributed by atoms with Crippen molar-refractivity contribution < 1.29 is 28.5 Å². The minimum atomic E-state index is -0.0202. The molecule has 0 bridgehead atoms. The molecule has 0 atom stereocenters. The Balaban J connectivity index is 1.86. The van der Waals surface area contributed by atoms with Crippen LogP contribution in [0.5, 0.6) is 28.7 Å². The Bertz CT molecular complexity index is 955. The average molecular weight is 399 g/mol. The van der Waals surface area contributed by atoms with Gasteiger partial charge < -0.3 is 28.6 Å². The van der Waals surface area contributed by atoms with Crippen molar-refractivity contribution in [1.29, 1.82) is 0 Å². The zero-order valence-electron chi connectivity index (χ0n) is 17.2. The number of hydrogen-bond donors (Lipinski definition) is 0. The highest BCUT2D eigenvalue weighted by atomic mass is 16.7. The van der Waals surface area contributed by atoms with Gasteiger partial charge in [0.25, 0.3) is 0 Å². The minimum Gasteiger partial charge on any atom is -0.493 e. The largest absolute Gasteiger partial charge is 0.493 e. The topological polar surface area (TPSA) is 66.5 Å². The molecule has 154 valence electrons. The van der Waals surface area contributed by atoms with Gasteiger partial charge in [0.15, 0.2) is 28.8 Å². The lowest BCUT2D eigenvalue weighted by Crippen LogP contribution is -2.25. The van der Waals surface area contributed by atoms with Crippen LogP contribution in [0.15, 0.2) is 18.2 Å². The number of rotatable bonds is 3. The number of carbonyl (C=O) groups excluding carboxylic acids is 1. The lowest BCUT2D eigenvalue weighted by Gasteiger charge is -2.25. The summed E-state index contributed by atoms with van der Waals surface area (Å²) in [6.07, 6.45) is 0.915. The van der Waals surface area contributed by atoms with E-state index in [0.29, 0.717) is 47.3 Å². The third-order valence-corrected chi connectivity index (χ3v) is 5.47. The molecule has 2 aromatic rings. The first-order valence-corrected chi connectivity index (χ1v) is 9.51. The summed E-state index contributed by atoms with van der Waals surface area (Å²) < 4.78 is 27.8. The molecule has 0 saturated heterocycles. The maximum atomic E-state index is 13.4. The molecule has 2 heterocycles. The fourth-order valence-electron chi connectivity index (χ4n) is 4.05. The van der Waals surface area contributed by atoms with Crippen molar-refractivity contribution in [2.75, 3.05) is 41.7 Å². The van der Waals surface area contributed by atoms with E-state index in [9.17, 15) is 4.79 Å². The maximum Gasteiger partial charge on any atom is 0.231 e. The van der Waals surface area contributed by atoms with E-state index >= 15 is 0 Å². The predicted octanol–water partition coefficient (Wildman–Crippen LogP) is 2.85. The Morgan fingerprint density at radius 3 is 2.52 bits per heavy atom. The van der Waals surface area contributed by atoms with E-state index in [-0.39, 0.29) is 19.0 Å². The molecule has 0 radical (unpaired) electrons. The standard InChI is InChI=1S/C22H25NO6/c1-23-8-7-14-10-18-21(29-12-28-18)22(27-4)19(14)16(24)9-13-5-6-17(25-2)20(26-3)15(13)11-23/h5-6,10H,7-9,11-12H2,1-4H3. The molecule has 0 aliphatic carbocycles. The van der Waals surface area contributed by atoms with Crippen molar-refractivity contribution >= 4 is 5.78 Å². The SMILES string of the molecule is COc1ccc2c(c1OC)CN(C)CCc1cc3c(c(OC)c1C(=O)C2)OCO3. The van der Waals surface area contributed by atoms with E-state index in [1.807, 2.05) is 18.2 Å². The molecule has 2 aromatic carbocycles. The number of nitrogens with zero attached hydrogens (tertiary/aromatic N) is 1. The number of likely N-dealkylation sites (N-methyl/N-ethyl adjacent to an activating group) is 1. The first kappa shape index (κ1) is 19.4. The minimum absolute atomic E-state index is 0.0202. The molecular formula is C22H25NO6. The smallest absolute Gasteiger partial charge is 0.231 e. The third kappa shape index (κ3) is 3.35. The third-order valence-electron chi connectivity index (χ3n) is 5.47. The number of benzene rings is 2. The molecule has 0 N–H and O–H groups in total. The van der Waals surface area contributed by atoms with Gasteiger partial charge in [0.1, 0.15) is 0 Å². The highest BCUT2D eigenvalue weighted by molar-refractivity contribution is 6.03. The second-order valence-electron chi connectivity index (χ2n) is 7.20. The van der Waals surface area contributed by atoms with Crippen LogP contribution in [0.4, 0.5) is 0 Å². The summed E-state index contributed by atoms with van der Waals surface area (Å²) in [5.74, 6) is 2.88. The normalized spacial score (nSPS) is 16.1. The van der Waals surface area contributed by atoms with Crippen LogP contribution in [0.25, 0.3) is 0 Å². The first-order chi connectivity index (χ1) is 14.1. The highest BCUT2D eigenvalue weighted by Crippen LogP contribution is 2.46. The Morgan fingerprint density at radius 1 is 1.00 bits per heavy atom. The molecule has 0 fully saturated rings. The first-order valence-electron chi connectivity index (χ1n) is 9.51. The van der Waals surface area contributed by atoms with E-state index in [1.54, 1.807) is 21.3 Å². The lowest BCUT2D eigenvalue weighted by molar-refractivity contribution is 0.0986. The Morgan fingerprint density at radius 2 is 1.79 bits per heavy atom. The number of carbonyl (C=O) groups is 1. The molecule has 0 amide bonds. The van der Waals surface area contributed by atoms with Crippen LogP contribution in [0.2, 0.25) is 0 Å². The fourth-order valence-corrected chi connectivity index (χ4v) is 4.05. The molecule has 0 spiro atoms. The van der Waals surface area contributed by atoms with Gasteiger partial charge in [-0.05, 0) is 36.7 Å². The van der Waals surface area contributed by atoms with Crippen molar-refractivity contribution in [2.45, 2.75) is 19.4 Å². The van der Waals surface area contributed by atoms with Gasteiger partial charge >= 0.3 is 0 Å². The summed E-state index contributed by atoms with van der Waals surface area (Å²) in [6, 6.07) is 5.68. The van der Waals surface area contributed by atoms with Crippen LogP contribution in [-0.2, 0) is 19.4 Å². The Hall–Kier alpha value is -2.93. The summed E-state index contributed by atoms with van der Waals surface area (Å²) in [5, 5.41) is 0. The number of hydrogen-bond acceptors (Lipinski definition) is 7. The van der Waals surface area contributed by atoms with Gasteiger partial charge in [0.2, 0.25) is 12.5 Å². The van der Waals surface area contributed by atoms with Gasteiger partial charge in [-0.15, -0.1) is 0 Å². The lowest BCUT2D eigenvalue weighted by atomic mass is 9.91. The van der Waals surface area contributed by atoms with Crippen LogP contribution in [0.3, 0.4) is 0 Å². The van der Waals surface area contributed by atoms with E-state index < -0.39 is 0 Å². The number of methoxy groups -OCH3 is 3. The Kier molecular flexibility index (Phi) is 5.24. The number of Topliss-reactive ketones (excluding diaryl/α,β-unsaturated/α-hetero) is 1. The van der Waals surface area contributed by atoms with Crippen LogP contribution in [-0.4, -0.2) is 52.4 Å². The van der Waals surface area contributed by atoms with Gasteiger partial charge in [-0.25, -0.2) is 0 Å². The van der Waals surface area contributed by atoms with Gasteiger partial charge in [-0.2, -0.15) is 0 Å². The molecule has 0 unspecified atom stereocenters. The van der Waals surface area contributed by atoms with Crippen molar-refractivity contribution in [1.82, 2.24) is 4.90 Å². The van der Waals surface area contributed by atoms with Gasteiger partial charge in [0.05, 0.1) is 26.9 Å². The van der Waals surface area contributed by atoms with Crippen LogP contribution >= 0.6 is 0 Å². The summed E-state index contributed by atoms with van der Waals surface area (Å²) >= 11 is 0. The molecule has 2 aliphatic heterocycles. The Labute approximate surface area is 170 Å². The molecule has 7 nitrogen and oxygen atoms in total. The van der Waals surface area contributed by atoms with Crippen LogP contribution < -0.4 is 23.7 Å². The summed E-state index contributed by atoms with van der Waals surface area (Å²) in [4.78, 5) is 15.6. The molecule has 4 rings (SSSR count). The molecule has 7 heteroatoms. The number of fused-ring (bicyclic) bond motifs is 3. The highest BCUT2D eigenvalue weighted by Gasteiger charge is 2.30. The van der Waals surface area contributed by atoms with Crippen molar-refractivity contribution in [2.24, 2.45) is 0 Å². The molecule has 29 heavy (non-hydrogen) atoms. The summed E-state index contributed by atoms with van der Waals surface area (Å²) in [6.45, 7) is 1.53. The van der Waals surface area contributed by atoms with Crippen LogP contribution in [0.1, 0.15) is 27.0 Å². The van der Waals surface area contributed by atoms with Gasteiger partial charge in [-0.1, -0.05) is 6.07 Å². The fraction of sp³-hybridized carbons (Fsp3) is 0.409. The van der Waals surface area contributed by atoms with Crippen molar-refractivity contribution in [3.63, 3.8) is 0 Å². The zero-order valence-corrected chi connectivity index (χ0v) is 17.2. The number of ether oxygens (including phenoxy) is 5. The summed E-state index contributed by atoms with van der Waals surface area (Å²) in [5.41, 5.74) is 3.34. The average Bonchev–Trinajstić information content (AvgIpc) is 3.19. The van der Waals surface area contributed by atoms with Crippen LogP contribution in [0, 0.1) is 0 Å². The van der Waals surface area contributed by atoms with E-state index in [0.717, 1.165) is 23.2 Å². The quantitative estimate of drug-likeness (QED) is 0.786. The van der Waals surface area contributed by atoms with Crippen molar-refractivity contribution in [3.8, 4) is 28.7 Å². The zero-order chi connectivity index (χ0) is 20.5. The van der Waals surface area contributed by atoms with Gasteiger partial charge in [-0.3, -0.25) is 4.79 Å².